The summed E-state index contributed by atoms with van der Waals surface area (Å²) in [6, 6.07) is 5.55. The van der Waals surface area contributed by atoms with Gasteiger partial charge in [0.15, 0.2) is 0 Å². The van der Waals surface area contributed by atoms with Crippen LogP contribution in [0.5, 0.6) is 5.75 Å². The molecule has 0 bridgehead atoms. The van der Waals surface area contributed by atoms with Crippen molar-refractivity contribution in [3.05, 3.63) is 23.8 Å². The lowest BCUT2D eigenvalue weighted by Crippen LogP contribution is -2.30. The van der Waals surface area contributed by atoms with Crippen LogP contribution in [0.3, 0.4) is 0 Å². The Morgan fingerprint density at radius 3 is 2.92 bits per heavy atom. The van der Waals surface area contributed by atoms with Crippen LogP contribution in [0.2, 0.25) is 0 Å². The van der Waals surface area contributed by atoms with Gasteiger partial charge in [0.2, 0.25) is 0 Å². The number of fused-ring (bicyclic) bond motifs is 1. The van der Waals surface area contributed by atoms with Crippen molar-refractivity contribution in [2.24, 2.45) is 5.41 Å². The maximum atomic E-state index is 9.28. The van der Waals surface area contributed by atoms with E-state index in [0.29, 0.717) is 11.2 Å². The van der Waals surface area contributed by atoms with Crippen molar-refractivity contribution in [1.82, 2.24) is 0 Å². The van der Waals surface area contributed by atoms with Crippen LogP contribution in [-0.4, -0.2) is 11.7 Å². The summed E-state index contributed by atoms with van der Waals surface area (Å²) in [5, 5.41) is 12.6. The van der Waals surface area contributed by atoms with Gasteiger partial charge in [0.05, 0.1) is 0 Å². The van der Waals surface area contributed by atoms with Gasteiger partial charge in [0, 0.05) is 18.3 Å². The number of hydrogen-bond acceptors (Lipinski definition) is 2. The lowest BCUT2D eigenvalue weighted by atomic mass is 9.82. The van der Waals surface area contributed by atoms with Crippen LogP contribution in [0, 0.1) is 5.41 Å². The Bertz CT molecular complexity index is 331. The molecule has 2 nitrogen and oxygen atoms in total. The van der Waals surface area contributed by atoms with Crippen molar-refractivity contribution in [3.8, 4) is 5.75 Å². The van der Waals surface area contributed by atoms with Gasteiger partial charge in [0.1, 0.15) is 5.75 Å². The molecule has 1 aromatic rings. The highest BCUT2D eigenvalue weighted by Crippen LogP contribution is 2.33. The summed E-state index contributed by atoms with van der Waals surface area (Å²) in [5.41, 5.74) is 2.71. The summed E-state index contributed by atoms with van der Waals surface area (Å²) in [5.74, 6) is 0.339. The monoisotopic (exact) mass is 177 g/mol. The summed E-state index contributed by atoms with van der Waals surface area (Å²) in [6.45, 7) is 5.47. The van der Waals surface area contributed by atoms with E-state index in [0.717, 1.165) is 18.7 Å². The van der Waals surface area contributed by atoms with Gasteiger partial charge in [-0.2, -0.15) is 0 Å². The molecule has 1 aliphatic heterocycles. The second-order valence-corrected chi connectivity index (χ2v) is 4.54. The number of anilines is 1. The van der Waals surface area contributed by atoms with E-state index in [-0.39, 0.29) is 0 Å². The fraction of sp³-hybridized carbons (Fsp3) is 0.455. The first-order valence-electron chi connectivity index (χ1n) is 4.63. The zero-order chi connectivity index (χ0) is 9.47. The predicted octanol–water partition coefficient (Wildman–Crippen LogP) is 2.39. The molecule has 0 saturated heterocycles. The Kier molecular flexibility index (Phi) is 1.72. The minimum atomic E-state index is 0.323. The minimum absolute atomic E-state index is 0.323. The maximum absolute atomic E-state index is 9.28. The molecule has 2 heteroatoms. The van der Waals surface area contributed by atoms with E-state index in [1.807, 2.05) is 6.07 Å². The molecule has 0 aliphatic carbocycles. The third-order valence-electron chi connectivity index (χ3n) is 2.52. The van der Waals surface area contributed by atoms with E-state index in [2.05, 4.69) is 19.2 Å². The number of nitrogens with one attached hydrogen (secondary N) is 1. The second kappa shape index (κ2) is 2.66. The van der Waals surface area contributed by atoms with Gasteiger partial charge in [0.25, 0.3) is 0 Å². The molecule has 0 radical (unpaired) electrons. The van der Waals surface area contributed by atoms with Crippen LogP contribution in [-0.2, 0) is 6.42 Å². The van der Waals surface area contributed by atoms with Gasteiger partial charge in [-0.15, -0.1) is 0 Å². The van der Waals surface area contributed by atoms with Gasteiger partial charge < -0.3 is 10.4 Å². The molecule has 70 valence electrons. The van der Waals surface area contributed by atoms with Crippen LogP contribution >= 0.6 is 0 Å². The molecule has 1 aliphatic rings. The quantitative estimate of drug-likeness (QED) is 0.637. The largest absolute Gasteiger partial charge is 0.508 e. The van der Waals surface area contributed by atoms with E-state index >= 15 is 0 Å². The smallest absolute Gasteiger partial charge is 0.117 e. The second-order valence-electron chi connectivity index (χ2n) is 4.54. The van der Waals surface area contributed by atoms with Crippen molar-refractivity contribution in [2.45, 2.75) is 20.3 Å². The van der Waals surface area contributed by atoms with Crippen LogP contribution in [0.4, 0.5) is 5.69 Å². The van der Waals surface area contributed by atoms with Crippen molar-refractivity contribution in [1.29, 1.82) is 0 Å². The summed E-state index contributed by atoms with van der Waals surface area (Å²) >= 11 is 0. The maximum Gasteiger partial charge on any atom is 0.117 e. The lowest BCUT2D eigenvalue weighted by molar-refractivity contribution is 0.378. The number of hydrogen-bond donors (Lipinski definition) is 2. The van der Waals surface area contributed by atoms with E-state index in [1.165, 1.54) is 5.56 Å². The fourth-order valence-corrected chi connectivity index (χ4v) is 1.80. The van der Waals surface area contributed by atoms with Crippen LogP contribution in [0.25, 0.3) is 0 Å². The molecule has 13 heavy (non-hydrogen) atoms. The predicted molar refractivity (Wildman–Crippen MR) is 54.1 cm³/mol. The summed E-state index contributed by atoms with van der Waals surface area (Å²) in [7, 11) is 0. The van der Waals surface area contributed by atoms with E-state index in [4.69, 9.17) is 0 Å². The summed E-state index contributed by atoms with van der Waals surface area (Å²) in [4.78, 5) is 0. The van der Waals surface area contributed by atoms with Gasteiger partial charge in [-0.3, -0.25) is 0 Å². The van der Waals surface area contributed by atoms with Gasteiger partial charge in [-0.25, -0.2) is 0 Å². The Balaban J connectivity index is 2.37. The van der Waals surface area contributed by atoms with E-state index in [1.54, 1.807) is 12.1 Å². The Labute approximate surface area is 78.6 Å². The average Bonchev–Trinajstić information content (AvgIpc) is 2.05. The van der Waals surface area contributed by atoms with Crippen molar-refractivity contribution < 1.29 is 5.11 Å². The molecular formula is C11H15NO. The molecule has 0 spiro atoms. The summed E-state index contributed by atoms with van der Waals surface area (Å²) in [6.07, 6.45) is 1.08. The first-order valence-corrected chi connectivity index (χ1v) is 4.63. The Morgan fingerprint density at radius 1 is 1.38 bits per heavy atom. The molecule has 0 atom stereocenters. The highest BCUT2D eigenvalue weighted by molar-refractivity contribution is 5.57. The molecule has 0 unspecified atom stereocenters. The zero-order valence-corrected chi connectivity index (χ0v) is 8.09. The third kappa shape index (κ3) is 1.62. The summed E-state index contributed by atoms with van der Waals surface area (Å²) < 4.78 is 0. The van der Waals surface area contributed by atoms with Gasteiger partial charge in [-0.05, 0) is 23.5 Å². The first kappa shape index (κ1) is 8.42. The third-order valence-corrected chi connectivity index (χ3v) is 2.52. The number of benzene rings is 1. The number of phenolic OH excluding ortho intramolecular Hbond substituents is 1. The molecule has 0 saturated carbocycles. The van der Waals surface area contributed by atoms with Gasteiger partial charge >= 0.3 is 0 Å². The fourth-order valence-electron chi connectivity index (χ4n) is 1.80. The average molecular weight is 177 g/mol. The SMILES string of the molecule is CC1(C)CNc2cc(O)ccc2C1. The molecular weight excluding hydrogens is 162 g/mol. The van der Waals surface area contributed by atoms with Crippen molar-refractivity contribution >= 4 is 5.69 Å². The zero-order valence-electron chi connectivity index (χ0n) is 8.09. The molecule has 0 fully saturated rings. The highest BCUT2D eigenvalue weighted by Gasteiger charge is 2.24. The molecule has 0 amide bonds. The van der Waals surface area contributed by atoms with Crippen LogP contribution in [0.15, 0.2) is 18.2 Å². The Hall–Kier alpha value is -1.18. The molecule has 1 aromatic carbocycles. The highest BCUT2D eigenvalue weighted by atomic mass is 16.3. The molecule has 2 N–H and O–H groups in total. The Morgan fingerprint density at radius 2 is 2.15 bits per heavy atom. The number of aromatic hydroxyl groups is 1. The van der Waals surface area contributed by atoms with Crippen molar-refractivity contribution in [3.63, 3.8) is 0 Å². The standard InChI is InChI=1S/C11H15NO/c1-11(2)6-8-3-4-9(13)5-10(8)12-7-11/h3-5,12-13H,6-7H2,1-2H3. The molecule has 0 aromatic heterocycles. The first-order chi connectivity index (χ1) is 6.07. The van der Waals surface area contributed by atoms with Crippen LogP contribution in [0.1, 0.15) is 19.4 Å². The van der Waals surface area contributed by atoms with E-state index in [9.17, 15) is 5.11 Å². The number of rotatable bonds is 0. The molecule has 1 heterocycles. The van der Waals surface area contributed by atoms with Gasteiger partial charge in [-0.1, -0.05) is 19.9 Å². The topological polar surface area (TPSA) is 32.3 Å². The lowest BCUT2D eigenvalue weighted by Gasteiger charge is -2.32. The normalized spacial score (nSPS) is 18.9. The van der Waals surface area contributed by atoms with Crippen molar-refractivity contribution in [2.75, 3.05) is 11.9 Å². The van der Waals surface area contributed by atoms with Crippen LogP contribution < -0.4 is 5.32 Å². The van der Waals surface area contributed by atoms with E-state index < -0.39 is 0 Å². The number of phenols is 1. The molecule has 2 rings (SSSR count). The minimum Gasteiger partial charge on any atom is -0.508 e.